The summed E-state index contributed by atoms with van der Waals surface area (Å²) in [5.41, 5.74) is 9.81. The number of nitrogens with one attached hydrogen (secondary N) is 2. The molecule has 0 unspecified atom stereocenters. The molecule has 0 spiro atoms. The van der Waals surface area contributed by atoms with Crippen LogP contribution in [0.4, 0.5) is 0 Å². The Bertz CT molecular complexity index is 84.9. The summed E-state index contributed by atoms with van der Waals surface area (Å²) in [4.78, 5) is 0. The van der Waals surface area contributed by atoms with E-state index in [9.17, 15) is 0 Å². The topological polar surface area (TPSA) is 120 Å². The van der Waals surface area contributed by atoms with E-state index in [1.807, 2.05) is 0 Å². The van der Waals surface area contributed by atoms with Gasteiger partial charge in [-0.1, -0.05) is 0 Å². The maximum absolute atomic E-state index is 4.94. The summed E-state index contributed by atoms with van der Waals surface area (Å²) in [6.07, 6.45) is 2.56. The van der Waals surface area contributed by atoms with Crippen molar-refractivity contribution in [1.29, 1.82) is 0 Å². The van der Waals surface area contributed by atoms with E-state index < -0.39 is 0 Å². The zero-order valence-corrected chi connectivity index (χ0v) is 10.1. The molecule has 0 saturated carbocycles. The summed E-state index contributed by atoms with van der Waals surface area (Å²) < 4.78 is 4.94. The number of ether oxygens (including phenoxy) is 1. The SMILES string of the molecule is C1CCOC1.N.NCCN.[B]NCCN[B]. The van der Waals surface area contributed by atoms with Crippen LogP contribution in [0, 0.1) is 0 Å². The van der Waals surface area contributed by atoms with Gasteiger partial charge < -0.3 is 32.8 Å². The third-order valence-electron chi connectivity index (χ3n) is 1.41. The van der Waals surface area contributed by atoms with Gasteiger partial charge in [0.1, 0.15) is 0 Å². The molecule has 0 bridgehead atoms. The first-order valence-electron chi connectivity index (χ1n) is 5.18. The molecule has 4 radical (unpaired) electrons. The van der Waals surface area contributed by atoms with Crippen molar-refractivity contribution < 1.29 is 4.74 Å². The van der Waals surface area contributed by atoms with E-state index in [2.05, 4.69) is 10.5 Å². The maximum Gasteiger partial charge on any atom is 0.177 e. The van der Waals surface area contributed by atoms with Crippen molar-refractivity contribution in [1.82, 2.24) is 16.6 Å². The molecular weight excluding hydrogens is 204 g/mol. The van der Waals surface area contributed by atoms with Gasteiger partial charge in [-0.3, -0.25) is 0 Å². The van der Waals surface area contributed by atoms with Crippen LogP contribution in [-0.2, 0) is 4.74 Å². The molecule has 0 aliphatic carbocycles. The first kappa shape index (κ1) is 21.2. The summed E-state index contributed by atoms with van der Waals surface area (Å²) >= 11 is 0. The fraction of sp³-hybridized carbons (Fsp3) is 1.00. The lowest BCUT2D eigenvalue weighted by Crippen LogP contribution is -2.23. The van der Waals surface area contributed by atoms with Crippen molar-refractivity contribution in [2.24, 2.45) is 11.5 Å². The Morgan fingerprint density at radius 2 is 1.31 bits per heavy atom. The van der Waals surface area contributed by atoms with Crippen LogP contribution in [0.15, 0.2) is 0 Å². The summed E-state index contributed by atoms with van der Waals surface area (Å²) in [6.45, 7) is 4.60. The van der Waals surface area contributed by atoms with Gasteiger partial charge in [0.05, 0.1) is 0 Å². The maximum atomic E-state index is 4.94. The van der Waals surface area contributed by atoms with Crippen LogP contribution in [0.3, 0.4) is 0 Å². The number of rotatable bonds is 4. The highest BCUT2D eigenvalue weighted by Gasteiger charge is 1.94. The van der Waals surface area contributed by atoms with Crippen LogP contribution in [-0.4, -0.2) is 55.4 Å². The molecule has 1 heterocycles. The van der Waals surface area contributed by atoms with Crippen molar-refractivity contribution >= 4 is 16.0 Å². The lowest BCUT2D eigenvalue weighted by molar-refractivity contribution is 0.198. The van der Waals surface area contributed by atoms with E-state index in [0.29, 0.717) is 26.2 Å². The average molecular weight is 229 g/mol. The minimum atomic E-state index is 0. The lowest BCUT2D eigenvalue weighted by atomic mass is 10.3. The first-order chi connectivity index (χ1) is 7.33. The third-order valence-corrected chi connectivity index (χ3v) is 1.41. The Morgan fingerprint density at radius 3 is 1.44 bits per heavy atom. The number of hydrogen-bond acceptors (Lipinski definition) is 6. The molecule has 8 heteroatoms. The second-order valence-electron chi connectivity index (χ2n) is 2.81. The fourth-order valence-electron chi connectivity index (χ4n) is 0.655. The highest BCUT2D eigenvalue weighted by atomic mass is 16.5. The Kier molecular flexibility index (Phi) is 32.1. The van der Waals surface area contributed by atoms with Gasteiger partial charge >= 0.3 is 0 Å². The van der Waals surface area contributed by atoms with Gasteiger partial charge in [-0.05, 0) is 25.9 Å². The summed E-state index contributed by atoms with van der Waals surface area (Å²) in [5.74, 6) is 0. The average Bonchev–Trinajstić information content (AvgIpc) is 2.85. The van der Waals surface area contributed by atoms with E-state index in [1.54, 1.807) is 0 Å². The molecule has 6 nitrogen and oxygen atoms in total. The molecule has 9 N–H and O–H groups in total. The van der Waals surface area contributed by atoms with E-state index >= 15 is 0 Å². The molecule has 94 valence electrons. The van der Waals surface area contributed by atoms with Crippen LogP contribution < -0.4 is 28.1 Å². The van der Waals surface area contributed by atoms with Gasteiger partial charge in [-0.15, -0.1) is 0 Å². The number of hydrogen-bond donors (Lipinski definition) is 5. The van der Waals surface area contributed by atoms with E-state index in [-0.39, 0.29) is 6.15 Å². The molecule has 1 aliphatic rings. The van der Waals surface area contributed by atoms with Crippen LogP contribution in [0.1, 0.15) is 12.8 Å². The highest BCUT2D eigenvalue weighted by Crippen LogP contribution is 1.98. The van der Waals surface area contributed by atoms with Crippen molar-refractivity contribution in [3.8, 4) is 0 Å². The van der Waals surface area contributed by atoms with Crippen LogP contribution in [0.5, 0.6) is 0 Å². The molecule has 1 aliphatic heterocycles. The van der Waals surface area contributed by atoms with E-state index in [1.165, 1.54) is 12.8 Å². The largest absolute Gasteiger partial charge is 0.381 e. The van der Waals surface area contributed by atoms with Crippen LogP contribution >= 0.6 is 0 Å². The van der Waals surface area contributed by atoms with Crippen molar-refractivity contribution in [3.05, 3.63) is 0 Å². The smallest absolute Gasteiger partial charge is 0.177 e. The first-order valence-corrected chi connectivity index (χ1v) is 5.18. The standard InChI is InChI=1S/C4H8O.C2H6B2N2.C2H8N2.H3N/c1-2-4-5-3-1;3-5-1-2-6-4;3-1-2-4;/h1-4H2;5-6H,1-2H2;1-4H2;1H3. The molecule has 0 aromatic rings. The Labute approximate surface area is 102 Å². The minimum Gasteiger partial charge on any atom is -0.381 e. The van der Waals surface area contributed by atoms with Crippen molar-refractivity contribution in [2.45, 2.75) is 12.8 Å². The molecule has 0 aromatic heterocycles. The van der Waals surface area contributed by atoms with Crippen molar-refractivity contribution in [3.63, 3.8) is 0 Å². The molecule has 1 rings (SSSR count). The van der Waals surface area contributed by atoms with Crippen LogP contribution in [0.2, 0.25) is 0 Å². The predicted octanol–water partition coefficient (Wildman–Crippen LogP) is -1.80. The van der Waals surface area contributed by atoms with Crippen molar-refractivity contribution in [2.75, 3.05) is 39.4 Å². The van der Waals surface area contributed by atoms with Gasteiger partial charge in [0.25, 0.3) is 0 Å². The fourth-order valence-corrected chi connectivity index (χ4v) is 0.655. The van der Waals surface area contributed by atoms with Gasteiger partial charge in [0.2, 0.25) is 0 Å². The molecule has 16 heavy (non-hydrogen) atoms. The summed E-state index contributed by atoms with van der Waals surface area (Å²) in [7, 11) is 9.74. The highest BCUT2D eigenvalue weighted by molar-refractivity contribution is 6.05. The van der Waals surface area contributed by atoms with E-state index in [4.69, 9.17) is 32.2 Å². The molecule has 0 amide bonds. The normalized spacial score (nSPS) is 12.6. The third kappa shape index (κ3) is 29.2. The van der Waals surface area contributed by atoms with E-state index in [0.717, 1.165) is 13.2 Å². The molecule has 1 fully saturated rings. The zero-order valence-electron chi connectivity index (χ0n) is 10.1. The predicted molar refractivity (Wildman–Crippen MR) is 70.7 cm³/mol. The minimum absolute atomic E-state index is 0. The Morgan fingerprint density at radius 1 is 0.938 bits per heavy atom. The summed E-state index contributed by atoms with van der Waals surface area (Å²) in [6, 6.07) is 0. The Hall–Kier alpha value is -0.110. The lowest BCUT2D eigenvalue weighted by Gasteiger charge is -1.93. The van der Waals surface area contributed by atoms with Gasteiger partial charge in [0.15, 0.2) is 16.0 Å². The Balaban J connectivity index is -0.000000157. The second kappa shape index (κ2) is 24.2. The second-order valence-corrected chi connectivity index (χ2v) is 2.81. The zero-order chi connectivity index (χ0) is 11.8. The van der Waals surface area contributed by atoms with Gasteiger partial charge in [-0.25, -0.2) is 0 Å². The monoisotopic (exact) mass is 229 g/mol. The summed E-state index contributed by atoms with van der Waals surface area (Å²) in [5, 5.41) is 4.85. The van der Waals surface area contributed by atoms with Crippen LogP contribution in [0.25, 0.3) is 0 Å². The molecule has 1 saturated heterocycles. The molecular formula is C8H25B2N5O. The quantitative estimate of drug-likeness (QED) is 0.286. The molecule has 0 aromatic carbocycles. The van der Waals surface area contributed by atoms with Gasteiger partial charge in [-0.2, -0.15) is 0 Å². The van der Waals surface area contributed by atoms with Gasteiger partial charge in [0, 0.05) is 26.3 Å². The number of nitrogens with two attached hydrogens (primary N) is 2. The molecule has 0 atom stereocenters.